The van der Waals surface area contributed by atoms with Gasteiger partial charge in [-0.1, -0.05) is 0 Å². The van der Waals surface area contributed by atoms with Gasteiger partial charge in [-0.3, -0.25) is 9.69 Å². The first-order valence-corrected chi connectivity index (χ1v) is 9.84. The number of benzene rings is 1. The average molecular weight is 392 g/mol. The van der Waals surface area contributed by atoms with Crippen molar-refractivity contribution < 1.29 is 24.1 Å². The van der Waals surface area contributed by atoms with Crippen molar-refractivity contribution in [3.63, 3.8) is 0 Å². The van der Waals surface area contributed by atoms with Gasteiger partial charge in [-0.05, 0) is 55.5 Å². The maximum atomic E-state index is 11.8. The summed E-state index contributed by atoms with van der Waals surface area (Å²) in [6, 6.07) is 3.99. The Morgan fingerprint density at radius 2 is 1.75 bits per heavy atom. The minimum absolute atomic E-state index is 0.0368. The van der Waals surface area contributed by atoms with Crippen LogP contribution in [-0.4, -0.2) is 74.4 Å². The molecule has 7 heteroatoms. The highest BCUT2D eigenvalue weighted by molar-refractivity contribution is 5.73. The first kappa shape index (κ1) is 20.7. The lowest BCUT2D eigenvalue weighted by Gasteiger charge is -2.49. The van der Waals surface area contributed by atoms with E-state index in [0.717, 1.165) is 51.0 Å². The van der Waals surface area contributed by atoms with Gasteiger partial charge in [-0.2, -0.15) is 0 Å². The first-order valence-electron chi connectivity index (χ1n) is 9.84. The zero-order valence-corrected chi connectivity index (χ0v) is 17.4. The summed E-state index contributed by atoms with van der Waals surface area (Å²) >= 11 is 0. The van der Waals surface area contributed by atoms with Gasteiger partial charge in [0.2, 0.25) is 11.7 Å². The molecule has 1 N–H and O–H groups in total. The van der Waals surface area contributed by atoms with Crippen LogP contribution in [-0.2, 0) is 11.3 Å². The third-order valence-corrected chi connectivity index (χ3v) is 6.12. The van der Waals surface area contributed by atoms with E-state index in [1.54, 1.807) is 28.3 Å². The number of rotatable bonds is 5. The molecule has 2 aliphatic rings. The fourth-order valence-corrected chi connectivity index (χ4v) is 4.63. The van der Waals surface area contributed by atoms with E-state index in [4.69, 9.17) is 14.2 Å². The van der Waals surface area contributed by atoms with Crippen molar-refractivity contribution in [2.75, 3.05) is 47.5 Å². The fourth-order valence-electron chi connectivity index (χ4n) is 4.63. The third kappa shape index (κ3) is 4.36. The molecule has 1 aromatic rings. The quantitative estimate of drug-likeness (QED) is 0.825. The Hall–Kier alpha value is -1.99. The number of carbonyl (C=O) groups excluding carboxylic acids is 1. The number of nitrogens with zero attached hydrogens (tertiary/aromatic N) is 2. The second-order valence-electron chi connectivity index (χ2n) is 8.07. The molecule has 0 bridgehead atoms. The Morgan fingerprint density at radius 3 is 2.25 bits per heavy atom. The predicted molar refractivity (Wildman–Crippen MR) is 106 cm³/mol. The molecular weight excluding hydrogens is 360 g/mol. The van der Waals surface area contributed by atoms with Crippen LogP contribution < -0.4 is 14.2 Å². The Kier molecular flexibility index (Phi) is 6.35. The summed E-state index contributed by atoms with van der Waals surface area (Å²) in [6.45, 7) is 5.49. The van der Waals surface area contributed by atoms with Gasteiger partial charge >= 0.3 is 0 Å². The van der Waals surface area contributed by atoms with Gasteiger partial charge in [0.15, 0.2) is 11.5 Å². The molecule has 7 nitrogen and oxygen atoms in total. The second kappa shape index (κ2) is 8.57. The molecular formula is C21H32N2O5. The fraction of sp³-hybridized carbons (Fsp3) is 0.667. The van der Waals surface area contributed by atoms with E-state index in [-0.39, 0.29) is 11.3 Å². The molecule has 3 rings (SSSR count). The molecule has 0 aromatic heterocycles. The van der Waals surface area contributed by atoms with Crippen LogP contribution in [0.25, 0.3) is 0 Å². The van der Waals surface area contributed by atoms with Gasteiger partial charge in [0.25, 0.3) is 0 Å². The van der Waals surface area contributed by atoms with Crippen LogP contribution in [0.2, 0.25) is 0 Å². The Labute approximate surface area is 167 Å². The molecule has 2 fully saturated rings. The first-order chi connectivity index (χ1) is 13.4. The molecule has 28 heavy (non-hydrogen) atoms. The van der Waals surface area contributed by atoms with Gasteiger partial charge in [0, 0.05) is 26.6 Å². The van der Waals surface area contributed by atoms with Crippen molar-refractivity contribution in [2.24, 2.45) is 5.41 Å². The number of amides is 1. The molecule has 2 heterocycles. The lowest BCUT2D eigenvalue weighted by Crippen LogP contribution is -2.54. The smallest absolute Gasteiger partial charge is 0.219 e. The van der Waals surface area contributed by atoms with E-state index in [2.05, 4.69) is 4.90 Å². The number of likely N-dealkylation sites (tertiary alicyclic amines) is 2. The van der Waals surface area contributed by atoms with Crippen LogP contribution in [0.3, 0.4) is 0 Å². The topological polar surface area (TPSA) is 71.5 Å². The van der Waals surface area contributed by atoms with E-state index >= 15 is 0 Å². The molecule has 156 valence electrons. The number of aliphatic hydroxyl groups excluding tert-OH is 1. The summed E-state index contributed by atoms with van der Waals surface area (Å²) in [5, 5.41) is 10.3. The molecule has 0 radical (unpaired) electrons. The van der Waals surface area contributed by atoms with Gasteiger partial charge in [-0.15, -0.1) is 0 Å². The number of aliphatic hydroxyl groups is 1. The third-order valence-electron chi connectivity index (χ3n) is 6.12. The summed E-state index contributed by atoms with van der Waals surface area (Å²) < 4.78 is 16.3. The molecule has 1 amide bonds. The lowest BCUT2D eigenvalue weighted by atomic mass is 9.71. The molecule has 1 spiro atoms. The van der Waals surface area contributed by atoms with Gasteiger partial charge in [-0.25, -0.2) is 0 Å². The maximum Gasteiger partial charge on any atom is 0.219 e. The van der Waals surface area contributed by atoms with Gasteiger partial charge < -0.3 is 24.2 Å². The second-order valence-corrected chi connectivity index (χ2v) is 8.07. The Bertz CT molecular complexity index is 675. The van der Waals surface area contributed by atoms with Crippen molar-refractivity contribution in [2.45, 2.75) is 38.8 Å². The average Bonchev–Trinajstić information content (AvgIpc) is 2.68. The van der Waals surface area contributed by atoms with E-state index in [9.17, 15) is 9.90 Å². The maximum absolute atomic E-state index is 11.8. The minimum Gasteiger partial charge on any atom is -0.493 e. The summed E-state index contributed by atoms with van der Waals surface area (Å²) in [6.07, 6.45) is 2.34. The monoisotopic (exact) mass is 392 g/mol. The van der Waals surface area contributed by atoms with Crippen molar-refractivity contribution in [1.29, 1.82) is 0 Å². The zero-order chi connectivity index (χ0) is 20.3. The van der Waals surface area contributed by atoms with E-state index in [0.29, 0.717) is 23.8 Å². The Morgan fingerprint density at radius 1 is 1.14 bits per heavy atom. The van der Waals surface area contributed by atoms with Gasteiger partial charge in [0.1, 0.15) is 0 Å². The van der Waals surface area contributed by atoms with Crippen LogP contribution >= 0.6 is 0 Å². The van der Waals surface area contributed by atoms with Crippen molar-refractivity contribution in [1.82, 2.24) is 9.80 Å². The standard InChI is InChI=1S/C21H32N2O5/c1-15(24)23-13-17(25)11-21(14-23)5-7-22(8-6-21)12-16-9-18(26-2)20(28-4)19(10-16)27-3/h9-10,17,25H,5-8,11-14H2,1-4H3. The molecule has 2 aliphatic heterocycles. The highest BCUT2D eigenvalue weighted by Crippen LogP contribution is 2.41. The number of piperidine rings is 2. The van der Waals surface area contributed by atoms with Crippen LogP contribution in [0.4, 0.5) is 0 Å². The predicted octanol–water partition coefficient (Wildman–Crippen LogP) is 1.91. The van der Waals surface area contributed by atoms with Crippen LogP contribution in [0.5, 0.6) is 17.2 Å². The van der Waals surface area contributed by atoms with Crippen LogP contribution in [0.1, 0.15) is 31.7 Å². The summed E-state index contributed by atoms with van der Waals surface area (Å²) in [5.74, 6) is 1.99. The highest BCUT2D eigenvalue weighted by atomic mass is 16.5. The number of hydrogen-bond acceptors (Lipinski definition) is 6. The van der Waals surface area contributed by atoms with Crippen molar-refractivity contribution >= 4 is 5.91 Å². The Balaban J connectivity index is 1.67. The lowest BCUT2D eigenvalue weighted by molar-refractivity contribution is -0.138. The summed E-state index contributed by atoms with van der Waals surface area (Å²) in [5.41, 5.74) is 1.15. The summed E-state index contributed by atoms with van der Waals surface area (Å²) in [4.78, 5) is 16.0. The van der Waals surface area contributed by atoms with E-state index < -0.39 is 6.10 Å². The number of methoxy groups -OCH3 is 3. The molecule has 0 aliphatic carbocycles. The van der Waals surface area contributed by atoms with E-state index in [1.807, 2.05) is 17.0 Å². The number of carbonyl (C=O) groups is 1. The minimum atomic E-state index is -0.417. The SMILES string of the molecule is COc1cc(CN2CCC3(CC2)CC(O)CN(C(C)=O)C3)cc(OC)c1OC. The number of hydrogen-bond donors (Lipinski definition) is 1. The van der Waals surface area contributed by atoms with E-state index in [1.165, 1.54) is 0 Å². The highest BCUT2D eigenvalue weighted by Gasteiger charge is 2.42. The molecule has 0 saturated carbocycles. The number of ether oxygens (including phenoxy) is 3. The molecule has 1 atom stereocenters. The summed E-state index contributed by atoms with van der Waals surface area (Å²) in [7, 11) is 4.86. The van der Waals surface area contributed by atoms with Crippen molar-refractivity contribution in [3.8, 4) is 17.2 Å². The van der Waals surface area contributed by atoms with Crippen LogP contribution in [0, 0.1) is 5.41 Å². The van der Waals surface area contributed by atoms with Crippen molar-refractivity contribution in [3.05, 3.63) is 17.7 Å². The number of β-amino-alcohol motifs (C(OH)–C–C–N with tert-alkyl or cyclic N) is 1. The zero-order valence-electron chi connectivity index (χ0n) is 17.4. The largest absolute Gasteiger partial charge is 0.493 e. The molecule has 2 saturated heterocycles. The molecule has 1 unspecified atom stereocenters. The van der Waals surface area contributed by atoms with Gasteiger partial charge in [0.05, 0.1) is 27.4 Å². The molecule has 1 aromatic carbocycles. The normalized spacial score (nSPS) is 22.2. The van der Waals surface area contributed by atoms with Crippen LogP contribution in [0.15, 0.2) is 12.1 Å².